The van der Waals surface area contributed by atoms with Crippen molar-refractivity contribution in [2.75, 3.05) is 30.3 Å². The van der Waals surface area contributed by atoms with Crippen LogP contribution in [0, 0.1) is 6.92 Å². The maximum absolute atomic E-state index is 6.24. The Morgan fingerprint density at radius 1 is 1.17 bits per heavy atom. The number of fused-ring (bicyclic) bond motifs is 1. The van der Waals surface area contributed by atoms with Crippen molar-refractivity contribution in [3.8, 4) is 11.3 Å². The van der Waals surface area contributed by atoms with Gasteiger partial charge in [0.25, 0.3) is 0 Å². The van der Waals surface area contributed by atoms with Gasteiger partial charge in [-0.15, -0.1) is 0 Å². The van der Waals surface area contributed by atoms with Gasteiger partial charge in [-0.1, -0.05) is 36.4 Å². The number of nitrogens with zero attached hydrogens (tertiary/aromatic N) is 4. The molecule has 7 nitrogen and oxygen atoms in total. The SMILES string of the molecule is Cc1n[nH]c2ccc(-c3cnc(N)c(N4CCNC(Cc5ccccc5)C4)n3)cc12. The van der Waals surface area contributed by atoms with Gasteiger partial charge in [0.2, 0.25) is 0 Å². The van der Waals surface area contributed by atoms with Gasteiger partial charge >= 0.3 is 0 Å². The molecule has 0 amide bonds. The van der Waals surface area contributed by atoms with Crippen LogP contribution >= 0.6 is 0 Å². The molecule has 30 heavy (non-hydrogen) atoms. The van der Waals surface area contributed by atoms with Crippen LogP contribution in [0.3, 0.4) is 0 Å². The van der Waals surface area contributed by atoms with Crippen molar-refractivity contribution < 1.29 is 0 Å². The van der Waals surface area contributed by atoms with E-state index in [-0.39, 0.29) is 0 Å². The largest absolute Gasteiger partial charge is 0.381 e. The molecule has 2 aromatic carbocycles. The minimum Gasteiger partial charge on any atom is -0.381 e. The molecule has 7 heteroatoms. The fourth-order valence-corrected chi connectivity index (χ4v) is 4.12. The molecule has 0 bridgehead atoms. The number of H-pyrrole nitrogens is 1. The summed E-state index contributed by atoms with van der Waals surface area (Å²) in [5.41, 5.74) is 11.4. The van der Waals surface area contributed by atoms with E-state index in [0.29, 0.717) is 11.9 Å². The second kappa shape index (κ2) is 7.76. The number of hydrogen-bond acceptors (Lipinski definition) is 6. The number of aryl methyl sites for hydroxylation is 1. The highest BCUT2D eigenvalue weighted by molar-refractivity contribution is 5.86. The third-order valence-electron chi connectivity index (χ3n) is 5.71. The summed E-state index contributed by atoms with van der Waals surface area (Å²) in [5, 5.41) is 12.0. The van der Waals surface area contributed by atoms with Crippen LogP contribution in [0.25, 0.3) is 22.2 Å². The summed E-state index contributed by atoms with van der Waals surface area (Å²) in [7, 11) is 0. The molecule has 2 aromatic heterocycles. The van der Waals surface area contributed by atoms with Crippen molar-refractivity contribution in [2.45, 2.75) is 19.4 Å². The summed E-state index contributed by atoms with van der Waals surface area (Å²) in [4.78, 5) is 11.6. The van der Waals surface area contributed by atoms with Crippen molar-refractivity contribution in [1.82, 2.24) is 25.5 Å². The molecule has 0 aliphatic carbocycles. The number of nitrogens with one attached hydrogen (secondary N) is 2. The number of benzene rings is 2. The van der Waals surface area contributed by atoms with Gasteiger partial charge in [-0.3, -0.25) is 5.10 Å². The zero-order valence-electron chi connectivity index (χ0n) is 17.0. The zero-order valence-corrected chi connectivity index (χ0v) is 17.0. The lowest BCUT2D eigenvalue weighted by Gasteiger charge is -2.35. The van der Waals surface area contributed by atoms with Gasteiger partial charge in [-0.2, -0.15) is 5.10 Å². The normalized spacial score (nSPS) is 16.8. The number of nitrogens with two attached hydrogens (primary N) is 1. The van der Waals surface area contributed by atoms with Crippen LogP contribution in [0.2, 0.25) is 0 Å². The maximum atomic E-state index is 6.24. The molecule has 4 N–H and O–H groups in total. The Labute approximate surface area is 175 Å². The van der Waals surface area contributed by atoms with Crippen molar-refractivity contribution in [2.24, 2.45) is 0 Å². The molecule has 3 heterocycles. The Morgan fingerprint density at radius 3 is 2.90 bits per heavy atom. The minimum absolute atomic E-state index is 0.343. The van der Waals surface area contributed by atoms with E-state index < -0.39 is 0 Å². The number of aromatic nitrogens is 4. The number of piperazine rings is 1. The molecule has 1 aliphatic rings. The van der Waals surface area contributed by atoms with Gasteiger partial charge in [-0.05, 0) is 31.0 Å². The maximum Gasteiger partial charge on any atom is 0.172 e. The van der Waals surface area contributed by atoms with E-state index in [9.17, 15) is 0 Å². The number of aromatic amines is 1. The molecule has 5 rings (SSSR count). The summed E-state index contributed by atoms with van der Waals surface area (Å²) in [6, 6.07) is 17.1. The Hall–Kier alpha value is -3.45. The zero-order chi connectivity index (χ0) is 20.5. The lowest BCUT2D eigenvalue weighted by Crippen LogP contribution is -2.52. The summed E-state index contributed by atoms with van der Waals surface area (Å²) in [6.45, 7) is 4.59. The standard InChI is InChI=1S/C23H25N7/c1-15-19-12-17(7-8-20(19)29-28-15)21-13-26-22(24)23(27-21)30-10-9-25-18(14-30)11-16-5-3-2-4-6-16/h2-8,12-13,18,25H,9-11,14H2,1H3,(H2,24,26)(H,28,29). The van der Waals surface area contributed by atoms with Gasteiger partial charge in [0, 0.05) is 36.6 Å². The van der Waals surface area contributed by atoms with E-state index in [2.05, 4.69) is 55.7 Å². The second-order valence-corrected chi connectivity index (χ2v) is 7.82. The second-order valence-electron chi connectivity index (χ2n) is 7.82. The van der Waals surface area contributed by atoms with E-state index in [0.717, 1.165) is 59.7 Å². The molecule has 1 atom stereocenters. The number of nitrogen functional groups attached to an aromatic ring is 1. The fraction of sp³-hybridized carbons (Fsp3) is 0.261. The lowest BCUT2D eigenvalue weighted by atomic mass is 10.0. The van der Waals surface area contributed by atoms with E-state index >= 15 is 0 Å². The Balaban J connectivity index is 1.41. The fourth-order valence-electron chi connectivity index (χ4n) is 4.12. The highest BCUT2D eigenvalue weighted by Crippen LogP contribution is 2.28. The molecular weight excluding hydrogens is 374 g/mol. The predicted molar refractivity (Wildman–Crippen MR) is 120 cm³/mol. The molecular formula is C23H25N7. The van der Waals surface area contributed by atoms with Gasteiger partial charge < -0.3 is 16.0 Å². The van der Waals surface area contributed by atoms with Crippen LogP contribution in [-0.4, -0.2) is 45.8 Å². The summed E-state index contributed by atoms with van der Waals surface area (Å²) >= 11 is 0. The third-order valence-corrected chi connectivity index (χ3v) is 5.71. The van der Waals surface area contributed by atoms with E-state index in [1.165, 1.54) is 5.56 Å². The van der Waals surface area contributed by atoms with Crippen LogP contribution in [0.15, 0.2) is 54.7 Å². The monoisotopic (exact) mass is 399 g/mol. The summed E-state index contributed by atoms with van der Waals surface area (Å²) < 4.78 is 0. The molecule has 0 radical (unpaired) electrons. The quantitative estimate of drug-likeness (QED) is 0.488. The van der Waals surface area contributed by atoms with Gasteiger partial charge in [0.05, 0.1) is 23.1 Å². The molecule has 0 spiro atoms. The first-order valence-electron chi connectivity index (χ1n) is 10.3. The summed E-state index contributed by atoms with van der Waals surface area (Å²) in [6.07, 6.45) is 2.72. The van der Waals surface area contributed by atoms with Crippen molar-refractivity contribution in [3.05, 3.63) is 66.0 Å². The predicted octanol–water partition coefficient (Wildman–Crippen LogP) is 2.93. The van der Waals surface area contributed by atoms with Crippen LogP contribution < -0.4 is 16.0 Å². The highest BCUT2D eigenvalue weighted by atomic mass is 15.3. The van der Waals surface area contributed by atoms with E-state index in [1.807, 2.05) is 25.1 Å². The van der Waals surface area contributed by atoms with Crippen molar-refractivity contribution >= 4 is 22.5 Å². The average Bonchev–Trinajstić information content (AvgIpc) is 3.15. The molecule has 1 aliphatic heterocycles. The van der Waals surface area contributed by atoms with Crippen molar-refractivity contribution in [1.29, 1.82) is 0 Å². The van der Waals surface area contributed by atoms with E-state index in [1.54, 1.807) is 6.20 Å². The van der Waals surface area contributed by atoms with Gasteiger partial charge in [-0.25, -0.2) is 9.97 Å². The van der Waals surface area contributed by atoms with Gasteiger partial charge in [0.1, 0.15) is 0 Å². The number of hydrogen-bond donors (Lipinski definition) is 3. The number of rotatable bonds is 4. The average molecular weight is 400 g/mol. The van der Waals surface area contributed by atoms with Crippen LogP contribution in [0.5, 0.6) is 0 Å². The molecule has 1 saturated heterocycles. The number of anilines is 2. The lowest BCUT2D eigenvalue weighted by molar-refractivity contribution is 0.453. The van der Waals surface area contributed by atoms with Crippen molar-refractivity contribution in [3.63, 3.8) is 0 Å². The van der Waals surface area contributed by atoms with E-state index in [4.69, 9.17) is 10.7 Å². The Kier molecular flexibility index (Phi) is 4.80. The first-order valence-corrected chi connectivity index (χ1v) is 10.3. The smallest absolute Gasteiger partial charge is 0.172 e. The molecule has 152 valence electrons. The molecule has 1 unspecified atom stereocenters. The first-order chi connectivity index (χ1) is 14.7. The van der Waals surface area contributed by atoms with Crippen LogP contribution in [0.4, 0.5) is 11.6 Å². The Bertz CT molecular complexity index is 1170. The minimum atomic E-state index is 0.343. The highest BCUT2D eigenvalue weighted by Gasteiger charge is 2.23. The topological polar surface area (TPSA) is 95.8 Å². The Morgan fingerprint density at radius 2 is 2.03 bits per heavy atom. The van der Waals surface area contributed by atoms with Crippen LogP contribution in [0.1, 0.15) is 11.3 Å². The third kappa shape index (κ3) is 3.59. The molecule has 4 aromatic rings. The van der Waals surface area contributed by atoms with Gasteiger partial charge in [0.15, 0.2) is 11.6 Å². The molecule has 1 fully saturated rings. The molecule has 0 saturated carbocycles. The summed E-state index contributed by atoms with van der Waals surface area (Å²) in [5.74, 6) is 1.23. The first kappa shape index (κ1) is 18.6. The van der Waals surface area contributed by atoms with Crippen LogP contribution in [-0.2, 0) is 6.42 Å².